The quantitative estimate of drug-likeness (QED) is 0.782. The smallest absolute Gasteiger partial charge is 0.353 e. The van der Waals surface area contributed by atoms with Crippen LogP contribution in [0.2, 0.25) is 0 Å². The van der Waals surface area contributed by atoms with Gasteiger partial charge in [-0.2, -0.15) is 5.26 Å². The fraction of sp³-hybridized carbons (Fsp3) is 0.111. The summed E-state index contributed by atoms with van der Waals surface area (Å²) in [5.74, 6) is -1.03. The van der Waals surface area contributed by atoms with Crippen LogP contribution in [0, 0.1) is 18.3 Å². The predicted octanol–water partition coefficient (Wildman–Crippen LogP) is 4.30. The van der Waals surface area contributed by atoms with E-state index in [4.69, 9.17) is 0 Å². The monoisotopic (exact) mass is 322 g/mol. The van der Waals surface area contributed by atoms with Crippen LogP contribution in [0.3, 0.4) is 0 Å². The van der Waals surface area contributed by atoms with Gasteiger partial charge in [0.25, 0.3) is 0 Å². The second-order valence-electron chi connectivity index (χ2n) is 5.21. The summed E-state index contributed by atoms with van der Waals surface area (Å²) in [4.78, 5) is 12.8. The standard InChI is InChI=1S/C18H14N2O2S/c1-11-14(10-19)16(17(18(21)22)20(11)2)13-7-5-12(6-8-13)15-4-3-9-23-15/h3-9H,1-2H3,(H,21,22). The fourth-order valence-corrected chi connectivity index (χ4v) is 3.45. The fourth-order valence-electron chi connectivity index (χ4n) is 2.71. The molecule has 0 amide bonds. The Labute approximate surface area is 137 Å². The highest BCUT2D eigenvalue weighted by Gasteiger charge is 2.24. The average molecular weight is 322 g/mol. The van der Waals surface area contributed by atoms with Crippen LogP contribution < -0.4 is 0 Å². The molecule has 0 spiro atoms. The van der Waals surface area contributed by atoms with Crippen molar-refractivity contribution in [3.05, 3.63) is 58.7 Å². The first-order valence-electron chi connectivity index (χ1n) is 7.01. The maximum Gasteiger partial charge on any atom is 0.353 e. The van der Waals surface area contributed by atoms with Gasteiger partial charge >= 0.3 is 5.97 Å². The molecule has 0 unspecified atom stereocenters. The molecule has 0 aliphatic heterocycles. The molecule has 2 aromatic heterocycles. The van der Waals surface area contributed by atoms with E-state index in [2.05, 4.69) is 6.07 Å². The largest absolute Gasteiger partial charge is 0.477 e. The Kier molecular flexibility index (Phi) is 3.77. The number of carboxylic acid groups (broad SMARTS) is 1. The molecule has 114 valence electrons. The lowest BCUT2D eigenvalue weighted by Crippen LogP contribution is -2.06. The summed E-state index contributed by atoms with van der Waals surface area (Å²) in [7, 11) is 1.67. The molecule has 3 aromatic rings. The number of carboxylic acids is 1. The summed E-state index contributed by atoms with van der Waals surface area (Å²) >= 11 is 1.65. The van der Waals surface area contributed by atoms with Crippen LogP contribution in [0.5, 0.6) is 0 Å². The molecule has 3 rings (SSSR count). The number of nitrogens with zero attached hydrogens (tertiary/aromatic N) is 2. The molecule has 0 radical (unpaired) electrons. The van der Waals surface area contributed by atoms with Crippen LogP contribution in [-0.4, -0.2) is 15.6 Å². The zero-order chi connectivity index (χ0) is 16.6. The van der Waals surface area contributed by atoms with Crippen LogP contribution in [0.15, 0.2) is 41.8 Å². The molecule has 0 bridgehead atoms. The minimum absolute atomic E-state index is 0.142. The molecule has 0 fully saturated rings. The minimum atomic E-state index is -1.03. The number of aromatic nitrogens is 1. The van der Waals surface area contributed by atoms with Crippen molar-refractivity contribution in [2.45, 2.75) is 6.92 Å². The molecule has 0 saturated heterocycles. The Balaban J connectivity index is 2.17. The molecule has 4 nitrogen and oxygen atoms in total. The van der Waals surface area contributed by atoms with Crippen LogP contribution in [-0.2, 0) is 7.05 Å². The maximum absolute atomic E-state index is 11.6. The van der Waals surface area contributed by atoms with E-state index >= 15 is 0 Å². The third-order valence-electron chi connectivity index (χ3n) is 3.98. The molecule has 0 aliphatic carbocycles. The van der Waals surface area contributed by atoms with Gasteiger partial charge in [0.15, 0.2) is 0 Å². The SMILES string of the molecule is Cc1c(C#N)c(-c2ccc(-c3cccs3)cc2)c(C(=O)O)n1C. The zero-order valence-electron chi connectivity index (χ0n) is 12.7. The molecule has 0 atom stereocenters. The van der Waals surface area contributed by atoms with Gasteiger partial charge in [-0.15, -0.1) is 11.3 Å². The van der Waals surface area contributed by atoms with Crippen molar-refractivity contribution in [2.24, 2.45) is 7.05 Å². The maximum atomic E-state index is 11.6. The van der Waals surface area contributed by atoms with Gasteiger partial charge in [0.1, 0.15) is 11.8 Å². The average Bonchev–Trinajstić information content (AvgIpc) is 3.15. The summed E-state index contributed by atoms with van der Waals surface area (Å²) in [5, 5.41) is 21.0. The van der Waals surface area contributed by atoms with Gasteiger partial charge in [0, 0.05) is 23.2 Å². The van der Waals surface area contributed by atoms with Crippen molar-refractivity contribution in [1.82, 2.24) is 4.57 Å². The first-order valence-corrected chi connectivity index (χ1v) is 7.89. The molecule has 5 heteroatoms. The second kappa shape index (κ2) is 5.75. The highest BCUT2D eigenvalue weighted by molar-refractivity contribution is 7.13. The lowest BCUT2D eigenvalue weighted by atomic mass is 9.99. The number of aromatic carboxylic acids is 1. The van der Waals surface area contributed by atoms with Gasteiger partial charge in [-0.3, -0.25) is 0 Å². The van der Waals surface area contributed by atoms with Gasteiger partial charge in [-0.05, 0) is 29.5 Å². The third kappa shape index (κ3) is 2.43. The number of carbonyl (C=O) groups is 1. The lowest BCUT2D eigenvalue weighted by Gasteiger charge is -2.05. The first-order chi connectivity index (χ1) is 11.0. The molecule has 1 N–H and O–H groups in total. The van der Waals surface area contributed by atoms with Crippen molar-refractivity contribution in [3.63, 3.8) is 0 Å². The van der Waals surface area contributed by atoms with Gasteiger partial charge in [0.05, 0.1) is 5.56 Å². The number of benzene rings is 1. The molecule has 23 heavy (non-hydrogen) atoms. The number of hydrogen-bond acceptors (Lipinski definition) is 3. The summed E-state index contributed by atoms with van der Waals surface area (Å²) < 4.78 is 1.56. The van der Waals surface area contributed by atoms with Crippen LogP contribution >= 0.6 is 11.3 Å². The normalized spacial score (nSPS) is 10.5. The minimum Gasteiger partial charge on any atom is -0.477 e. The van der Waals surface area contributed by atoms with Crippen LogP contribution in [0.1, 0.15) is 21.7 Å². The molecular formula is C18H14N2O2S. The summed E-state index contributed by atoms with van der Waals surface area (Å²) in [6.45, 7) is 1.76. The number of thiophene rings is 1. The zero-order valence-corrected chi connectivity index (χ0v) is 13.5. The van der Waals surface area contributed by atoms with Gasteiger partial charge in [-0.25, -0.2) is 4.79 Å². The van der Waals surface area contributed by atoms with E-state index in [1.165, 1.54) is 0 Å². The number of hydrogen-bond donors (Lipinski definition) is 1. The van der Waals surface area contributed by atoms with Gasteiger partial charge in [-0.1, -0.05) is 30.3 Å². The Morgan fingerprint density at radius 2 is 1.87 bits per heavy atom. The van der Waals surface area contributed by atoms with E-state index in [9.17, 15) is 15.2 Å². The van der Waals surface area contributed by atoms with E-state index in [0.717, 1.165) is 16.0 Å². The molecular weight excluding hydrogens is 308 g/mol. The molecule has 2 heterocycles. The summed E-state index contributed by atoms with van der Waals surface area (Å²) in [5.41, 5.74) is 3.51. The van der Waals surface area contributed by atoms with E-state index in [1.54, 1.807) is 29.9 Å². The Morgan fingerprint density at radius 1 is 1.22 bits per heavy atom. The van der Waals surface area contributed by atoms with Gasteiger partial charge in [0.2, 0.25) is 0 Å². The van der Waals surface area contributed by atoms with E-state index in [1.807, 2.05) is 41.8 Å². The lowest BCUT2D eigenvalue weighted by molar-refractivity contribution is 0.0687. The molecule has 1 aromatic carbocycles. The Bertz CT molecular complexity index is 914. The van der Waals surface area contributed by atoms with Crippen molar-refractivity contribution in [1.29, 1.82) is 5.26 Å². The summed E-state index contributed by atoms with van der Waals surface area (Å²) in [6.07, 6.45) is 0. The van der Waals surface area contributed by atoms with E-state index in [-0.39, 0.29) is 5.69 Å². The Morgan fingerprint density at radius 3 is 2.39 bits per heavy atom. The summed E-state index contributed by atoms with van der Waals surface area (Å²) in [6, 6.07) is 13.8. The highest BCUT2D eigenvalue weighted by Crippen LogP contribution is 2.34. The third-order valence-corrected chi connectivity index (χ3v) is 4.90. The van der Waals surface area contributed by atoms with Crippen molar-refractivity contribution < 1.29 is 9.90 Å². The first kappa shape index (κ1) is 15.1. The highest BCUT2D eigenvalue weighted by atomic mass is 32.1. The molecule has 0 saturated carbocycles. The predicted molar refractivity (Wildman–Crippen MR) is 90.6 cm³/mol. The Hall–Kier alpha value is -2.84. The van der Waals surface area contributed by atoms with E-state index < -0.39 is 5.97 Å². The van der Waals surface area contributed by atoms with E-state index in [0.29, 0.717) is 16.8 Å². The van der Waals surface area contributed by atoms with Crippen LogP contribution in [0.25, 0.3) is 21.6 Å². The number of rotatable bonds is 3. The second-order valence-corrected chi connectivity index (χ2v) is 6.16. The van der Waals surface area contributed by atoms with Crippen LogP contribution in [0.4, 0.5) is 0 Å². The number of nitriles is 1. The topological polar surface area (TPSA) is 66.0 Å². The van der Waals surface area contributed by atoms with Gasteiger partial charge < -0.3 is 9.67 Å². The van der Waals surface area contributed by atoms with Crippen molar-refractivity contribution in [2.75, 3.05) is 0 Å². The molecule has 0 aliphatic rings. The van der Waals surface area contributed by atoms with Crippen molar-refractivity contribution in [3.8, 4) is 27.6 Å². The van der Waals surface area contributed by atoms with Crippen molar-refractivity contribution >= 4 is 17.3 Å².